The minimum absolute atomic E-state index is 0.0291. The molecule has 0 atom stereocenters. The van der Waals surface area contributed by atoms with Crippen LogP contribution in [0.25, 0.3) is 11.1 Å². The van der Waals surface area contributed by atoms with Gasteiger partial charge in [0.05, 0.1) is 26.4 Å². The summed E-state index contributed by atoms with van der Waals surface area (Å²) >= 11 is 0. The normalized spacial score (nSPS) is 18.9. The molecule has 3 aliphatic rings. The van der Waals surface area contributed by atoms with Crippen molar-refractivity contribution >= 4 is 25.2 Å². The predicted molar refractivity (Wildman–Crippen MR) is 131 cm³/mol. The standard InChI is InChI=1S/C26H34B2O4/c1-3-4-5-6-7-8-13-26(2)24-18-20(27-29-14-15-30-27)9-11-22(24)23-12-10-21(19-25(23)26)28-31-16-17-32-28/h9-12,18-19H,3-8,13-17H2,1-2H3. The zero-order chi connectivity index (χ0) is 22.0. The Balaban J connectivity index is 1.46. The van der Waals surface area contributed by atoms with E-state index in [0.717, 1.165) is 17.3 Å². The maximum absolute atomic E-state index is 5.81. The van der Waals surface area contributed by atoms with Crippen LogP contribution in [0.4, 0.5) is 0 Å². The number of hydrogen-bond acceptors (Lipinski definition) is 4. The molecule has 168 valence electrons. The Kier molecular flexibility index (Phi) is 6.75. The van der Waals surface area contributed by atoms with Crippen LogP contribution in [0.2, 0.25) is 0 Å². The highest BCUT2D eigenvalue weighted by molar-refractivity contribution is 6.62. The summed E-state index contributed by atoms with van der Waals surface area (Å²) in [4.78, 5) is 0. The minimum Gasteiger partial charge on any atom is -0.405 e. The Hall–Kier alpha value is -1.59. The first-order valence-corrected chi connectivity index (χ1v) is 12.5. The van der Waals surface area contributed by atoms with Gasteiger partial charge in [-0.05, 0) is 39.6 Å². The van der Waals surface area contributed by atoms with Crippen LogP contribution in [-0.2, 0) is 24.0 Å². The molecule has 0 aromatic heterocycles. The molecule has 0 bridgehead atoms. The maximum atomic E-state index is 5.81. The summed E-state index contributed by atoms with van der Waals surface area (Å²) in [6, 6.07) is 13.6. The van der Waals surface area contributed by atoms with E-state index in [1.807, 2.05) is 0 Å². The maximum Gasteiger partial charge on any atom is 0.494 e. The number of fused-ring (bicyclic) bond motifs is 3. The van der Waals surface area contributed by atoms with Gasteiger partial charge in [-0.1, -0.05) is 88.8 Å². The zero-order valence-corrected chi connectivity index (χ0v) is 19.5. The fourth-order valence-electron chi connectivity index (χ4n) is 5.57. The van der Waals surface area contributed by atoms with Gasteiger partial charge < -0.3 is 18.6 Å². The average Bonchev–Trinajstić information content (AvgIpc) is 3.58. The van der Waals surface area contributed by atoms with E-state index in [9.17, 15) is 0 Å². The molecule has 2 fully saturated rings. The Morgan fingerprint density at radius 2 is 1.16 bits per heavy atom. The van der Waals surface area contributed by atoms with Gasteiger partial charge in [-0.25, -0.2) is 0 Å². The summed E-state index contributed by atoms with van der Waals surface area (Å²) in [6.07, 6.45) is 8.99. The van der Waals surface area contributed by atoms with E-state index in [-0.39, 0.29) is 19.7 Å². The second kappa shape index (κ2) is 9.72. The summed E-state index contributed by atoms with van der Waals surface area (Å²) in [5.74, 6) is 0. The van der Waals surface area contributed by atoms with E-state index in [2.05, 4.69) is 50.2 Å². The molecular weight excluding hydrogens is 398 g/mol. The van der Waals surface area contributed by atoms with E-state index in [1.165, 1.54) is 60.8 Å². The summed E-state index contributed by atoms with van der Waals surface area (Å²) in [5, 5.41) is 0. The van der Waals surface area contributed by atoms with E-state index in [1.54, 1.807) is 0 Å². The van der Waals surface area contributed by atoms with Gasteiger partial charge in [-0.15, -0.1) is 0 Å². The van der Waals surface area contributed by atoms with Gasteiger partial charge in [-0.3, -0.25) is 0 Å². The first-order valence-electron chi connectivity index (χ1n) is 12.5. The van der Waals surface area contributed by atoms with Gasteiger partial charge in [0.15, 0.2) is 0 Å². The zero-order valence-electron chi connectivity index (χ0n) is 19.5. The van der Waals surface area contributed by atoms with Crippen molar-refractivity contribution in [2.24, 2.45) is 0 Å². The van der Waals surface area contributed by atoms with Crippen LogP contribution in [0.15, 0.2) is 36.4 Å². The van der Waals surface area contributed by atoms with Crippen LogP contribution in [0, 0.1) is 0 Å². The molecule has 0 N–H and O–H groups in total. The van der Waals surface area contributed by atoms with Crippen LogP contribution in [0.1, 0.15) is 69.9 Å². The molecule has 2 aliphatic heterocycles. The molecule has 0 radical (unpaired) electrons. The van der Waals surface area contributed by atoms with Crippen LogP contribution in [0.3, 0.4) is 0 Å². The molecule has 2 heterocycles. The second-order valence-electron chi connectivity index (χ2n) is 9.61. The molecule has 0 spiro atoms. The third-order valence-corrected chi connectivity index (χ3v) is 7.38. The van der Waals surface area contributed by atoms with Gasteiger partial charge >= 0.3 is 14.2 Å². The Morgan fingerprint density at radius 1 is 0.688 bits per heavy atom. The monoisotopic (exact) mass is 432 g/mol. The van der Waals surface area contributed by atoms with Crippen molar-refractivity contribution in [3.8, 4) is 11.1 Å². The van der Waals surface area contributed by atoms with Gasteiger partial charge in [0.25, 0.3) is 0 Å². The molecule has 6 heteroatoms. The lowest BCUT2D eigenvalue weighted by molar-refractivity contribution is 0.365. The third-order valence-electron chi connectivity index (χ3n) is 7.38. The summed E-state index contributed by atoms with van der Waals surface area (Å²) in [6.45, 7) is 7.37. The summed E-state index contributed by atoms with van der Waals surface area (Å²) in [5.41, 5.74) is 7.73. The molecule has 5 rings (SSSR count). The topological polar surface area (TPSA) is 36.9 Å². The van der Waals surface area contributed by atoms with E-state index >= 15 is 0 Å². The van der Waals surface area contributed by atoms with Crippen LogP contribution >= 0.6 is 0 Å². The van der Waals surface area contributed by atoms with Crippen LogP contribution in [0.5, 0.6) is 0 Å². The van der Waals surface area contributed by atoms with Crippen molar-refractivity contribution in [3.63, 3.8) is 0 Å². The number of benzene rings is 2. The Bertz CT molecular complexity index is 870. The lowest BCUT2D eigenvalue weighted by Gasteiger charge is -2.28. The molecule has 0 unspecified atom stereocenters. The van der Waals surface area contributed by atoms with Crippen LogP contribution in [-0.4, -0.2) is 40.7 Å². The number of unbranched alkanes of at least 4 members (excludes halogenated alkanes) is 5. The molecule has 32 heavy (non-hydrogen) atoms. The Labute approximate surface area is 193 Å². The molecule has 0 amide bonds. The smallest absolute Gasteiger partial charge is 0.405 e. The second-order valence-corrected chi connectivity index (χ2v) is 9.61. The number of rotatable bonds is 9. The molecule has 1 aliphatic carbocycles. The fourth-order valence-corrected chi connectivity index (χ4v) is 5.57. The molecule has 2 aromatic carbocycles. The minimum atomic E-state index is -0.238. The van der Waals surface area contributed by atoms with Gasteiger partial charge in [-0.2, -0.15) is 0 Å². The largest absolute Gasteiger partial charge is 0.494 e. The van der Waals surface area contributed by atoms with E-state index in [0.29, 0.717) is 26.4 Å². The SMILES string of the molecule is CCCCCCCCC1(C)c2cc(B3OCCO3)ccc2-c2ccc(B3OCCO3)cc21. The summed E-state index contributed by atoms with van der Waals surface area (Å²) in [7, 11) is -0.476. The van der Waals surface area contributed by atoms with Crippen LogP contribution < -0.4 is 10.9 Å². The van der Waals surface area contributed by atoms with E-state index in [4.69, 9.17) is 18.6 Å². The molecular formula is C26H34B2O4. The Morgan fingerprint density at radius 3 is 1.66 bits per heavy atom. The molecule has 4 nitrogen and oxygen atoms in total. The highest BCUT2D eigenvalue weighted by Gasteiger charge is 2.41. The molecule has 2 saturated heterocycles. The fraction of sp³-hybridized carbons (Fsp3) is 0.538. The van der Waals surface area contributed by atoms with Crippen molar-refractivity contribution < 1.29 is 18.6 Å². The van der Waals surface area contributed by atoms with Crippen molar-refractivity contribution in [1.82, 2.24) is 0 Å². The highest BCUT2D eigenvalue weighted by atomic mass is 16.6. The molecule has 0 saturated carbocycles. The highest BCUT2D eigenvalue weighted by Crippen LogP contribution is 2.50. The van der Waals surface area contributed by atoms with Gasteiger partial charge in [0.2, 0.25) is 0 Å². The predicted octanol–water partition coefficient (Wildman–Crippen LogP) is 4.21. The third kappa shape index (κ3) is 4.19. The molecule has 2 aromatic rings. The van der Waals surface area contributed by atoms with Crippen molar-refractivity contribution in [2.75, 3.05) is 26.4 Å². The first-order chi connectivity index (χ1) is 15.7. The quantitative estimate of drug-likeness (QED) is 0.440. The average molecular weight is 432 g/mol. The first kappa shape index (κ1) is 22.2. The van der Waals surface area contributed by atoms with Gasteiger partial charge in [0.1, 0.15) is 0 Å². The van der Waals surface area contributed by atoms with E-state index < -0.39 is 0 Å². The number of hydrogen-bond donors (Lipinski definition) is 0. The lowest BCUT2D eigenvalue weighted by Crippen LogP contribution is -2.34. The van der Waals surface area contributed by atoms with Crippen molar-refractivity contribution in [1.29, 1.82) is 0 Å². The van der Waals surface area contributed by atoms with Crippen molar-refractivity contribution in [2.45, 2.75) is 64.2 Å². The van der Waals surface area contributed by atoms with Crippen molar-refractivity contribution in [3.05, 3.63) is 47.5 Å². The lowest BCUT2D eigenvalue weighted by atomic mass is 9.70. The summed E-state index contributed by atoms with van der Waals surface area (Å²) < 4.78 is 23.2. The van der Waals surface area contributed by atoms with Gasteiger partial charge in [0, 0.05) is 5.41 Å².